The highest BCUT2D eigenvalue weighted by atomic mass is 32.1. The Bertz CT molecular complexity index is 2370. The van der Waals surface area contributed by atoms with E-state index in [0.717, 1.165) is 16.6 Å². The number of para-hydroxylation sites is 2. The zero-order chi connectivity index (χ0) is 36.2. The van der Waals surface area contributed by atoms with Crippen molar-refractivity contribution in [2.24, 2.45) is 5.10 Å². The van der Waals surface area contributed by atoms with Gasteiger partial charge in [0, 0.05) is 29.6 Å². The number of rotatable bonds is 11. The van der Waals surface area contributed by atoms with Gasteiger partial charge in [-0.25, -0.2) is 19.3 Å². The molecule has 6 aromatic rings. The van der Waals surface area contributed by atoms with E-state index in [9.17, 15) is 23.2 Å². The van der Waals surface area contributed by atoms with Crippen LogP contribution in [0.1, 0.15) is 28.5 Å². The first-order chi connectivity index (χ1) is 25.3. The van der Waals surface area contributed by atoms with E-state index in [1.165, 1.54) is 41.7 Å². The van der Waals surface area contributed by atoms with Gasteiger partial charge in [0.05, 0.1) is 35.0 Å². The van der Waals surface area contributed by atoms with E-state index in [0.29, 0.717) is 34.2 Å². The number of hydrogen-bond acceptors (Lipinski definition) is 10. The monoisotopic (exact) mass is 722 g/mol. The zero-order valence-electron chi connectivity index (χ0n) is 27.3. The number of halogens is 2. The fraction of sp³-hybridized carbons (Fsp3) is 0.132. The summed E-state index contributed by atoms with van der Waals surface area (Å²) in [6.07, 6.45) is 4.56. The molecular weight excluding hydrogens is 695 g/mol. The minimum Gasteiger partial charge on any atom is -0.493 e. The van der Waals surface area contributed by atoms with Gasteiger partial charge in [-0.15, -0.1) is 11.3 Å². The molecule has 0 radical (unpaired) electrons. The number of benzene rings is 3. The summed E-state index contributed by atoms with van der Waals surface area (Å²) in [5.41, 5.74) is 2.62. The van der Waals surface area contributed by atoms with Crippen LogP contribution in [0.5, 0.6) is 11.5 Å². The van der Waals surface area contributed by atoms with Gasteiger partial charge in [-0.05, 0) is 59.5 Å². The van der Waals surface area contributed by atoms with Crippen molar-refractivity contribution in [2.45, 2.75) is 19.1 Å². The summed E-state index contributed by atoms with van der Waals surface area (Å²) in [4.78, 5) is 40.5. The number of nitrogens with zero attached hydrogens (tertiary/aromatic N) is 4. The lowest BCUT2D eigenvalue weighted by atomic mass is 10.0. The third kappa shape index (κ3) is 7.23. The summed E-state index contributed by atoms with van der Waals surface area (Å²) >= 11 is 1.45. The quantitative estimate of drug-likeness (QED) is 0.0778. The Morgan fingerprint density at radius 2 is 1.83 bits per heavy atom. The van der Waals surface area contributed by atoms with Crippen molar-refractivity contribution in [3.8, 4) is 28.4 Å². The largest absolute Gasteiger partial charge is 0.493 e. The molecule has 1 atom stereocenters. The Hall–Kier alpha value is -6.41. The predicted molar refractivity (Wildman–Crippen MR) is 190 cm³/mol. The molecule has 0 fully saturated rings. The second-order valence-electron chi connectivity index (χ2n) is 11.4. The SMILES string of the molecule is COc1cc(C2CC(c3cccs3)=NN2C(=O)COC(=O)/C=C/c2cn(-c3ccccc3)nc2-c2cc3ccccc3oc2=O)ccc1OC(F)F. The summed E-state index contributed by atoms with van der Waals surface area (Å²) in [7, 11) is 1.32. The van der Waals surface area contributed by atoms with E-state index in [2.05, 4.69) is 14.9 Å². The predicted octanol–water partition coefficient (Wildman–Crippen LogP) is 7.25. The van der Waals surface area contributed by atoms with E-state index < -0.39 is 36.8 Å². The molecule has 7 rings (SSSR count). The molecule has 0 N–H and O–H groups in total. The van der Waals surface area contributed by atoms with Crippen molar-refractivity contribution < 1.29 is 37.0 Å². The topological polar surface area (TPSA) is 125 Å². The van der Waals surface area contributed by atoms with Crippen LogP contribution in [0.2, 0.25) is 0 Å². The van der Waals surface area contributed by atoms with Crippen molar-refractivity contribution in [1.29, 1.82) is 0 Å². The number of amides is 1. The van der Waals surface area contributed by atoms with Gasteiger partial charge in [-0.1, -0.05) is 48.5 Å². The van der Waals surface area contributed by atoms with Crippen molar-refractivity contribution in [3.63, 3.8) is 0 Å². The van der Waals surface area contributed by atoms with E-state index >= 15 is 0 Å². The molecule has 0 saturated heterocycles. The highest BCUT2D eigenvalue weighted by molar-refractivity contribution is 7.12. The third-order valence-corrected chi connectivity index (χ3v) is 9.08. The second kappa shape index (κ2) is 14.8. The number of esters is 1. The molecule has 11 nitrogen and oxygen atoms in total. The molecule has 14 heteroatoms. The Morgan fingerprint density at radius 3 is 2.60 bits per heavy atom. The minimum absolute atomic E-state index is 0.0581. The van der Waals surface area contributed by atoms with Gasteiger partial charge in [0.1, 0.15) is 11.3 Å². The van der Waals surface area contributed by atoms with E-state index in [4.69, 9.17) is 13.9 Å². The number of thiophene rings is 1. The van der Waals surface area contributed by atoms with Crippen LogP contribution in [0, 0.1) is 0 Å². The maximum Gasteiger partial charge on any atom is 0.387 e. The number of ether oxygens (including phenoxy) is 3. The third-order valence-electron chi connectivity index (χ3n) is 8.16. The van der Waals surface area contributed by atoms with Gasteiger partial charge in [-0.2, -0.15) is 19.0 Å². The minimum atomic E-state index is -3.05. The van der Waals surface area contributed by atoms with Gasteiger partial charge in [0.15, 0.2) is 18.1 Å². The molecule has 0 spiro atoms. The molecule has 3 aromatic carbocycles. The number of alkyl halides is 2. The van der Waals surface area contributed by atoms with Crippen LogP contribution in [0.25, 0.3) is 34.0 Å². The average molecular weight is 723 g/mol. The maximum absolute atomic E-state index is 13.5. The molecule has 262 valence electrons. The Kier molecular flexibility index (Phi) is 9.71. The van der Waals surface area contributed by atoms with Gasteiger partial charge >= 0.3 is 18.2 Å². The first kappa shape index (κ1) is 34.1. The second-order valence-corrected chi connectivity index (χ2v) is 12.4. The number of hydrogen-bond donors (Lipinski definition) is 0. The summed E-state index contributed by atoms with van der Waals surface area (Å²) in [6.45, 7) is -3.69. The maximum atomic E-state index is 13.5. The van der Waals surface area contributed by atoms with Gasteiger partial charge < -0.3 is 18.6 Å². The van der Waals surface area contributed by atoms with Gasteiger partial charge in [0.2, 0.25) is 0 Å². The van der Waals surface area contributed by atoms with Crippen molar-refractivity contribution in [1.82, 2.24) is 14.8 Å². The van der Waals surface area contributed by atoms with Crippen molar-refractivity contribution >= 4 is 46.0 Å². The summed E-state index contributed by atoms with van der Waals surface area (Å²) < 4.78 is 48.2. The molecule has 1 aliphatic heterocycles. The molecule has 4 heterocycles. The number of methoxy groups -OCH3 is 1. The van der Waals surface area contributed by atoms with E-state index in [1.54, 1.807) is 35.1 Å². The highest BCUT2D eigenvalue weighted by Gasteiger charge is 2.34. The lowest BCUT2D eigenvalue weighted by Crippen LogP contribution is -2.31. The molecule has 1 amide bonds. The normalized spacial score (nSPS) is 14.3. The standard InChI is InChI=1S/C38H28F2N4O7S/c1-48-32-19-23(13-15-31(32)51-38(39)40)29-20-28(33-12-7-17-52-33)41-44(29)34(45)22-49-35(46)16-14-25-21-43(26-9-3-2-4-10-26)42-36(25)27-18-24-8-5-6-11-30(24)50-37(27)47/h2-19,21,29,38H,20,22H2,1H3/b16-14+. The summed E-state index contributed by atoms with van der Waals surface area (Å²) in [6, 6.07) is 25.5. The molecule has 0 saturated carbocycles. The van der Waals surface area contributed by atoms with Crippen LogP contribution in [0.3, 0.4) is 0 Å². The lowest BCUT2D eigenvalue weighted by molar-refractivity contribution is -0.149. The van der Waals surface area contributed by atoms with Crippen LogP contribution in [-0.2, 0) is 14.3 Å². The van der Waals surface area contributed by atoms with Crippen LogP contribution in [-0.4, -0.2) is 52.7 Å². The van der Waals surface area contributed by atoms with Crippen LogP contribution >= 0.6 is 11.3 Å². The number of hydrazone groups is 1. The van der Waals surface area contributed by atoms with Crippen molar-refractivity contribution in [3.05, 3.63) is 135 Å². The zero-order valence-corrected chi connectivity index (χ0v) is 28.2. The van der Waals surface area contributed by atoms with Gasteiger partial charge in [0.25, 0.3) is 5.91 Å². The van der Waals surface area contributed by atoms with E-state index in [-0.39, 0.29) is 22.8 Å². The van der Waals surface area contributed by atoms with Gasteiger partial charge in [-0.3, -0.25) is 4.79 Å². The molecule has 0 bridgehead atoms. The lowest BCUT2D eigenvalue weighted by Gasteiger charge is -2.22. The van der Waals surface area contributed by atoms with Crippen molar-refractivity contribution in [2.75, 3.05) is 13.7 Å². The molecule has 52 heavy (non-hydrogen) atoms. The molecule has 1 unspecified atom stereocenters. The Morgan fingerprint density at radius 1 is 1.02 bits per heavy atom. The smallest absolute Gasteiger partial charge is 0.387 e. The van der Waals surface area contributed by atoms with Crippen LogP contribution in [0.15, 0.2) is 123 Å². The van der Waals surface area contributed by atoms with Crippen LogP contribution in [0.4, 0.5) is 8.78 Å². The Labute approximate surface area is 298 Å². The average Bonchev–Trinajstić information content (AvgIpc) is 3.94. The summed E-state index contributed by atoms with van der Waals surface area (Å²) in [5, 5.41) is 13.0. The first-order valence-electron chi connectivity index (χ1n) is 15.9. The Balaban J connectivity index is 1.12. The first-order valence-corrected chi connectivity index (χ1v) is 16.7. The molecule has 3 aromatic heterocycles. The van der Waals surface area contributed by atoms with E-state index in [1.807, 2.05) is 60.0 Å². The fourth-order valence-electron chi connectivity index (χ4n) is 5.74. The number of aromatic nitrogens is 2. The summed E-state index contributed by atoms with van der Waals surface area (Å²) in [5.74, 6) is -1.54. The fourth-order valence-corrected chi connectivity index (χ4v) is 6.46. The molecule has 0 aliphatic carbocycles. The molecular formula is C38H28F2N4O7S. The van der Waals surface area contributed by atoms with Crippen LogP contribution < -0.4 is 15.1 Å². The highest BCUT2D eigenvalue weighted by Crippen LogP contribution is 2.38. The molecule has 1 aliphatic rings. The number of carbonyl (C=O) groups excluding carboxylic acids is 2. The number of fused-ring (bicyclic) bond motifs is 1. The number of carbonyl (C=O) groups is 2.